The van der Waals surface area contributed by atoms with Crippen LogP contribution in [-0.4, -0.2) is 11.5 Å². The second-order valence-corrected chi connectivity index (χ2v) is 6.36. The number of hydrogen-bond donors (Lipinski definition) is 1. The first-order valence-electron chi connectivity index (χ1n) is 7.41. The van der Waals surface area contributed by atoms with Crippen molar-refractivity contribution >= 4 is 11.3 Å². The van der Waals surface area contributed by atoms with Crippen molar-refractivity contribution in [3.8, 4) is 0 Å². The molecule has 1 N–H and O–H groups in total. The zero-order valence-corrected chi connectivity index (χ0v) is 13.4. The highest BCUT2D eigenvalue weighted by Crippen LogP contribution is 2.23. The molecular formula is C17H24N2S. The van der Waals surface area contributed by atoms with Gasteiger partial charge in [-0.25, -0.2) is 4.98 Å². The van der Waals surface area contributed by atoms with Gasteiger partial charge in [0.25, 0.3) is 0 Å². The van der Waals surface area contributed by atoms with E-state index in [4.69, 9.17) is 0 Å². The molecule has 2 aromatic rings. The average molecular weight is 288 g/mol. The summed E-state index contributed by atoms with van der Waals surface area (Å²) in [6.07, 6.45) is 2.26. The van der Waals surface area contributed by atoms with Gasteiger partial charge in [-0.1, -0.05) is 45.0 Å². The van der Waals surface area contributed by atoms with Gasteiger partial charge in [-0.15, -0.1) is 11.3 Å². The van der Waals surface area contributed by atoms with Crippen LogP contribution in [-0.2, 0) is 6.42 Å². The molecule has 108 valence electrons. The highest BCUT2D eigenvalue weighted by molar-refractivity contribution is 7.07. The van der Waals surface area contributed by atoms with E-state index >= 15 is 0 Å². The van der Waals surface area contributed by atoms with E-state index in [0.29, 0.717) is 5.92 Å². The summed E-state index contributed by atoms with van der Waals surface area (Å²) in [5.41, 5.74) is 5.78. The van der Waals surface area contributed by atoms with Crippen LogP contribution < -0.4 is 5.32 Å². The summed E-state index contributed by atoms with van der Waals surface area (Å²) >= 11 is 1.66. The predicted molar refractivity (Wildman–Crippen MR) is 87.2 cm³/mol. The largest absolute Gasteiger partial charge is 0.305 e. The van der Waals surface area contributed by atoms with Gasteiger partial charge in [0.15, 0.2) is 0 Å². The third-order valence-corrected chi connectivity index (χ3v) is 3.88. The molecule has 0 saturated carbocycles. The molecule has 1 unspecified atom stereocenters. The second-order valence-electron chi connectivity index (χ2n) is 5.64. The van der Waals surface area contributed by atoms with E-state index in [0.717, 1.165) is 25.1 Å². The monoisotopic (exact) mass is 288 g/mol. The van der Waals surface area contributed by atoms with Crippen molar-refractivity contribution in [2.75, 3.05) is 6.54 Å². The van der Waals surface area contributed by atoms with E-state index in [-0.39, 0.29) is 6.04 Å². The summed E-state index contributed by atoms with van der Waals surface area (Å²) in [5.74, 6) is 0.687. The van der Waals surface area contributed by atoms with E-state index in [9.17, 15) is 0 Å². The number of rotatable bonds is 7. The van der Waals surface area contributed by atoms with Gasteiger partial charge in [-0.05, 0) is 36.4 Å². The van der Waals surface area contributed by atoms with Crippen LogP contribution in [0.25, 0.3) is 0 Å². The van der Waals surface area contributed by atoms with Gasteiger partial charge in [-0.3, -0.25) is 0 Å². The van der Waals surface area contributed by atoms with Crippen molar-refractivity contribution in [1.29, 1.82) is 0 Å². The molecule has 0 aliphatic rings. The second kappa shape index (κ2) is 7.55. The Balaban J connectivity index is 2.24. The Morgan fingerprint density at radius 2 is 2.15 bits per heavy atom. The topological polar surface area (TPSA) is 24.9 Å². The Kier molecular flexibility index (Phi) is 5.74. The Labute approximate surface area is 126 Å². The summed E-state index contributed by atoms with van der Waals surface area (Å²) in [7, 11) is 0. The van der Waals surface area contributed by atoms with Gasteiger partial charge < -0.3 is 5.32 Å². The minimum Gasteiger partial charge on any atom is -0.305 e. The third kappa shape index (κ3) is 4.15. The fourth-order valence-corrected chi connectivity index (χ4v) is 3.00. The van der Waals surface area contributed by atoms with E-state index in [2.05, 4.69) is 60.7 Å². The van der Waals surface area contributed by atoms with Crippen LogP contribution in [0.15, 0.2) is 35.2 Å². The maximum atomic E-state index is 4.49. The molecule has 0 aliphatic carbocycles. The maximum Gasteiger partial charge on any atom is 0.0795 e. The average Bonchev–Trinajstić information content (AvgIpc) is 2.93. The number of hydrogen-bond acceptors (Lipinski definition) is 3. The Bertz CT molecular complexity index is 505. The van der Waals surface area contributed by atoms with Crippen LogP contribution in [0.2, 0.25) is 0 Å². The SMILES string of the molecule is CCCNC(c1cccc(CC(C)C)c1)c1cscn1. The van der Waals surface area contributed by atoms with Crippen LogP contribution in [0.1, 0.15) is 50.1 Å². The smallest absolute Gasteiger partial charge is 0.0795 e. The molecule has 0 radical (unpaired) electrons. The number of aromatic nitrogens is 1. The lowest BCUT2D eigenvalue weighted by atomic mass is 9.97. The number of nitrogens with one attached hydrogen (secondary N) is 1. The summed E-state index contributed by atoms with van der Waals surface area (Å²) in [6.45, 7) is 7.73. The zero-order valence-electron chi connectivity index (χ0n) is 12.6. The summed E-state index contributed by atoms with van der Waals surface area (Å²) < 4.78 is 0. The number of benzene rings is 1. The lowest BCUT2D eigenvalue weighted by molar-refractivity contribution is 0.587. The Morgan fingerprint density at radius 3 is 2.80 bits per heavy atom. The molecule has 1 atom stereocenters. The van der Waals surface area contributed by atoms with Gasteiger partial charge in [0.1, 0.15) is 0 Å². The van der Waals surface area contributed by atoms with Gasteiger partial charge in [0, 0.05) is 5.38 Å². The van der Waals surface area contributed by atoms with Gasteiger partial charge >= 0.3 is 0 Å². The van der Waals surface area contributed by atoms with E-state index in [1.54, 1.807) is 11.3 Å². The van der Waals surface area contributed by atoms with Crippen LogP contribution in [0.5, 0.6) is 0 Å². The zero-order chi connectivity index (χ0) is 14.4. The number of nitrogens with zero attached hydrogens (tertiary/aromatic N) is 1. The molecule has 0 aliphatic heterocycles. The Morgan fingerprint density at radius 1 is 1.30 bits per heavy atom. The molecule has 0 spiro atoms. The van der Waals surface area contributed by atoms with Crippen LogP contribution in [0.4, 0.5) is 0 Å². The van der Waals surface area contributed by atoms with Crippen molar-refractivity contribution in [1.82, 2.24) is 10.3 Å². The molecule has 0 amide bonds. The summed E-state index contributed by atoms with van der Waals surface area (Å²) in [4.78, 5) is 4.49. The van der Waals surface area contributed by atoms with E-state index < -0.39 is 0 Å². The molecular weight excluding hydrogens is 264 g/mol. The fraction of sp³-hybridized carbons (Fsp3) is 0.471. The molecule has 0 bridgehead atoms. The minimum absolute atomic E-state index is 0.216. The van der Waals surface area contributed by atoms with Crippen molar-refractivity contribution in [2.24, 2.45) is 5.92 Å². The first-order valence-corrected chi connectivity index (χ1v) is 8.35. The van der Waals surface area contributed by atoms with Crippen LogP contribution in [0.3, 0.4) is 0 Å². The molecule has 2 nitrogen and oxygen atoms in total. The standard InChI is InChI=1S/C17H24N2S/c1-4-8-18-17(16-11-20-12-19-16)15-7-5-6-14(10-15)9-13(2)3/h5-7,10-13,17-18H,4,8-9H2,1-3H3. The highest BCUT2D eigenvalue weighted by atomic mass is 32.1. The first kappa shape index (κ1) is 15.2. The molecule has 1 aromatic carbocycles. The van der Waals surface area contributed by atoms with Gasteiger partial charge in [0.05, 0.1) is 17.2 Å². The Hall–Kier alpha value is -1.19. The van der Waals surface area contributed by atoms with E-state index in [1.165, 1.54) is 11.1 Å². The molecule has 0 saturated heterocycles. The fourth-order valence-electron chi connectivity index (χ4n) is 2.42. The molecule has 2 rings (SSSR count). The first-order chi connectivity index (χ1) is 9.70. The normalized spacial score (nSPS) is 12.8. The summed E-state index contributed by atoms with van der Waals surface area (Å²) in [5, 5.41) is 5.75. The molecule has 1 heterocycles. The molecule has 20 heavy (non-hydrogen) atoms. The van der Waals surface area contributed by atoms with E-state index in [1.807, 2.05) is 5.51 Å². The summed E-state index contributed by atoms with van der Waals surface area (Å²) in [6, 6.07) is 9.14. The number of thiazole rings is 1. The molecule has 0 fully saturated rings. The van der Waals surface area contributed by atoms with Crippen molar-refractivity contribution in [2.45, 2.75) is 39.7 Å². The lowest BCUT2D eigenvalue weighted by Gasteiger charge is -2.18. The quantitative estimate of drug-likeness (QED) is 0.815. The maximum absolute atomic E-state index is 4.49. The van der Waals surface area contributed by atoms with Gasteiger partial charge in [0.2, 0.25) is 0 Å². The van der Waals surface area contributed by atoms with Crippen molar-refractivity contribution in [3.05, 3.63) is 52.0 Å². The van der Waals surface area contributed by atoms with Crippen LogP contribution >= 0.6 is 11.3 Å². The highest BCUT2D eigenvalue weighted by Gasteiger charge is 2.15. The van der Waals surface area contributed by atoms with Crippen LogP contribution in [0, 0.1) is 5.92 Å². The molecule has 1 aromatic heterocycles. The van der Waals surface area contributed by atoms with Gasteiger partial charge in [-0.2, -0.15) is 0 Å². The van der Waals surface area contributed by atoms with Crippen molar-refractivity contribution < 1.29 is 0 Å². The third-order valence-electron chi connectivity index (χ3n) is 3.27. The molecule has 3 heteroatoms. The minimum atomic E-state index is 0.216. The van der Waals surface area contributed by atoms with Crippen molar-refractivity contribution in [3.63, 3.8) is 0 Å². The lowest BCUT2D eigenvalue weighted by Crippen LogP contribution is -2.23. The predicted octanol–water partition coefficient (Wildman–Crippen LogP) is 4.43.